The third-order valence-corrected chi connectivity index (χ3v) is 4.43. The molecule has 1 fully saturated rings. The summed E-state index contributed by atoms with van der Waals surface area (Å²) in [6.45, 7) is 0.947. The van der Waals surface area contributed by atoms with E-state index in [4.69, 9.17) is 4.74 Å². The maximum absolute atomic E-state index is 11.7. The van der Waals surface area contributed by atoms with Crippen molar-refractivity contribution in [3.8, 4) is 0 Å². The molecule has 1 unspecified atom stereocenters. The number of nitrogens with one attached hydrogen (secondary N) is 1. The summed E-state index contributed by atoms with van der Waals surface area (Å²) in [5, 5.41) is 0. The maximum Gasteiger partial charge on any atom is 0.354 e. The quantitative estimate of drug-likeness (QED) is 0.778. The van der Waals surface area contributed by atoms with Crippen LogP contribution in [0.1, 0.15) is 16.9 Å². The molecule has 0 saturated carbocycles. The predicted octanol–water partition coefficient (Wildman–Crippen LogP) is -0.187. The highest BCUT2D eigenvalue weighted by Gasteiger charge is 2.29. The van der Waals surface area contributed by atoms with Gasteiger partial charge >= 0.3 is 5.97 Å². The molecule has 2 heterocycles. The molecule has 0 bridgehead atoms. The molecule has 1 atom stereocenters. The largest absolute Gasteiger partial charge is 0.461 e. The van der Waals surface area contributed by atoms with Gasteiger partial charge in [-0.2, -0.15) is 0 Å². The lowest BCUT2D eigenvalue weighted by Gasteiger charge is -2.13. The Balaban J connectivity index is 1.88. The molecule has 1 aromatic rings. The molecule has 110 valence electrons. The Labute approximate surface area is 116 Å². The van der Waals surface area contributed by atoms with Crippen LogP contribution in [0.25, 0.3) is 0 Å². The number of carbonyl (C=O) groups excluding carboxylic acids is 1. The summed E-state index contributed by atoms with van der Waals surface area (Å²) >= 11 is 0. The van der Waals surface area contributed by atoms with Gasteiger partial charge in [-0.3, -0.25) is 4.79 Å². The van der Waals surface area contributed by atoms with E-state index in [1.54, 1.807) is 0 Å². The fourth-order valence-corrected chi connectivity index (χ4v) is 2.99. The lowest BCUT2D eigenvalue weighted by molar-refractivity contribution is 0.0440. The van der Waals surface area contributed by atoms with Crippen molar-refractivity contribution in [2.24, 2.45) is 5.92 Å². The van der Waals surface area contributed by atoms with Crippen molar-refractivity contribution in [2.75, 3.05) is 26.0 Å². The van der Waals surface area contributed by atoms with Gasteiger partial charge in [-0.25, -0.2) is 17.5 Å². The first-order valence-electron chi connectivity index (χ1n) is 6.17. The molecule has 0 spiro atoms. The van der Waals surface area contributed by atoms with E-state index in [1.807, 2.05) is 0 Å². The van der Waals surface area contributed by atoms with Gasteiger partial charge in [-0.1, -0.05) is 0 Å². The van der Waals surface area contributed by atoms with E-state index in [1.165, 1.54) is 22.6 Å². The highest BCUT2D eigenvalue weighted by molar-refractivity contribution is 7.88. The monoisotopic (exact) mass is 300 g/mol. The molecular weight excluding hydrogens is 284 g/mol. The van der Waals surface area contributed by atoms with Gasteiger partial charge in [-0.05, 0) is 6.42 Å². The number of esters is 1. The maximum atomic E-state index is 11.7. The molecule has 2 rings (SSSR count). The minimum Gasteiger partial charge on any atom is -0.461 e. The van der Waals surface area contributed by atoms with E-state index < -0.39 is 16.0 Å². The minimum absolute atomic E-state index is 0.0101. The molecule has 0 aromatic carbocycles. The summed E-state index contributed by atoms with van der Waals surface area (Å²) in [4.78, 5) is 25.5. The molecule has 0 amide bonds. The van der Waals surface area contributed by atoms with Crippen molar-refractivity contribution in [1.29, 1.82) is 0 Å². The zero-order valence-corrected chi connectivity index (χ0v) is 11.9. The van der Waals surface area contributed by atoms with Crippen molar-refractivity contribution >= 4 is 16.0 Å². The average Bonchev–Trinajstić information content (AvgIpc) is 2.84. The van der Waals surface area contributed by atoms with Gasteiger partial charge in [0.05, 0.1) is 12.9 Å². The van der Waals surface area contributed by atoms with Crippen LogP contribution in [-0.4, -0.2) is 49.6 Å². The first-order valence-corrected chi connectivity index (χ1v) is 8.02. The van der Waals surface area contributed by atoms with E-state index in [2.05, 4.69) is 4.98 Å². The van der Waals surface area contributed by atoms with Gasteiger partial charge in [0.1, 0.15) is 5.69 Å². The highest BCUT2D eigenvalue weighted by atomic mass is 32.2. The van der Waals surface area contributed by atoms with E-state index in [9.17, 15) is 18.0 Å². The number of aromatic nitrogens is 1. The molecule has 1 aliphatic rings. The number of ether oxygens (including phenoxy) is 1. The molecule has 1 saturated heterocycles. The number of hydrogen-bond acceptors (Lipinski definition) is 5. The van der Waals surface area contributed by atoms with Crippen LogP contribution in [0.15, 0.2) is 23.1 Å². The van der Waals surface area contributed by atoms with Crippen molar-refractivity contribution in [3.63, 3.8) is 0 Å². The van der Waals surface area contributed by atoms with Gasteiger partial charge in [0.15, 0.2) is 5.43 Å². The summed E-state index contributed by atoms with van der Waals surface area (Å²) in [6.07, 6.45) is 3.20. The Hall–Kier alpha value is -1.67. The predicted molar refractivity (Wildman–Crippen MR) is 71.9 cm³/mol. The smallest absolute Gasteiger partial charge is 0.354 e. The molecular formula is C12H16N2O5S. The van der Waals surface area contributed by atoms with Crippen LogP contribution in [0.3, 0.4) is 0 Å². The number of pyridine rings is 1. The van der Waals surface area contributed by atoms with Gasteiger partial charge < -0.3 is 9.72 Å². The Morgan fingerprint density at radius 1 is 1.55 bits per heavy atom. The number of rotatable bonds is 4. The lowest BCUT2D eigenvalue weighted by atomic mass is 10.1. The summed E-state index contributed by atoms with van der Waals surface area (Å²) in [7, 11) is -3.19. The number of nitrogens with zero attached hydrogens (tertiary/aromatic N) is 1. The Morgan fingerprint density at radius 3 is 2.90 bits per heavy atom. The fraction of sp³-hybridized carbons (Fsp3) is 0.500. The van der Waals surface area contributed by atoms with Crippen LogP contribution < -0.4 is 5.43 Å². The van der Waals surface area contributed by atoms with Gasteiger partial charge in [0.2, 0.25) is 10.0 Å². The van der Waals surface area contributed by atoms with Crippen molar-refractivity contribution in [2.45, 2.75) is 6.42 Å². The van der Waals surface area contributed by atoms with E-state index in [0.717, 1.165) is 6.26 Å². The van der Waals surface area contributed by atoms with Crippen LogP contribution in [0.5, 0.6) is 0 Å². The number of H-pyrrole nitrogens is 1. The molecule has 1 aromatic heterocycles. The normalized spacial score (nSPS) is 19.9. The second-order valence-corrected chi connectivity index (χ2v) is 6.79. The average molecular weight is 300 g/mol. The van der Waals surface area contributed by atoms with Crippen LogP contribution in [0.2, 0.25) is 0 Å². The molecule has 1 aliphatic heterocycles. The lowest BCUT2D eigenvalue weighted by Crippen LogP contribution is -2.28. The molecule has 7 nitrogen and oxygen atoms in total. The third-order valence-electron chi connectivity index (χ3n) is 3.16. The zero-order valence-electron chi connectivity index (χ0n) is 11.0. The molecule has 20 heavy (non-hydrogen) atoms. The van der Waals surface area contributed by atoms with Gasteiger partial charge in [0.25, 0.3) is 0 Å². The Kier molecular flexibility index (Phi) is 4.24. The molecule has 8 heteroatoms. The number of carbonyl (C=O) groups is 1. The first-order chi connectivity index (χ1) is 9.36. The van der Waals surface area contributed by atoms with Crippen LogP contribution >= 0.6 is 0 Å². The number of hydrogen-bond donors (Lipinski definition) is 1. The molecule has 1 N–H and O–H groups in total. The first kappa shape index (κ1) is 14.7. The molecule has 0 radical (unpaired) electrons. The van der Waals surface area contributed by atoms with Crippen molar-refractivity contribution in [1.82, 2.24) is 9.29 Å². The zero-order chi connectivity index (χ0) is 14.8. The number of sulfonamides is 1. The van der Waals surface area contributed by atoms with Crippen molar-refractivity contribution in [3.05, 3.63) is 34.2 Å². The summed E-state index contributed by atoms with van der Waals surface area (Å²) in [5.41, 5.74) is -0.185. The summed E-state index contributed by atoms with van der Waals surface area (Å²) in [5.74, 6) is -0.621. The van der Waals surface area contributed by atoms with E-state index >= 15 is 0 Å². The van der Waals surface area contributed by atoms with E-state index in [-0.39, 0.29) is 23.6 Å². The second-order valence-electron chi connectivity index (χ2n) is 4.81. The minimum atomic E-state index is -3.19. The van der Waals surface area contributed by atoms with Gasteiger partial charge in [0, 0.05) is 37.3 Å². The third kappa shape index (κ3) is 3.67. The van der Waals surface area contributed by atoms with Gasteiger partial charge in [-0.15, -0.1) is 0 Å². The van der Waals surface area contributed by atoms with Crippen LogP contribution in [-0.2, 0) is 14.8 Å². The number of aromatic amines is 1. The summed E-state index contributed by atoms with van der Waals surface area (Å²) in [6, 6.07) is 2.47. The van der Waals surface area contributed by atoms with Crippen LogP contribution in [0, 0.1) is 5.92 Å². The SMILES string of the molecule is CS(=O)(=O)N1CCC(COC(=O)c2cc(=O)cc[nH]2)C1. The Morgan fingerprint density at radius 2 is 2.30 bits per heavy atom. The van der Waals surface area contributed by atoms with Crippen LogP contribution in [0.4, 0.5) is 0 Å². The standard InChI is InChI=1S/C12H16N2O5S/c1-20(17,18)14-5-3-9(7-14)8-19-12(16)11-6-10(15)2-4-13-11/h2,4,6,9H,3,5,7-8H2,1H3,(H,13,15). The van der Waals surface area contributed by atoms with E-state index in [0.29, 0.717) is 19.5 Å². The van der Waals surface area contributed by atoms with Crippen molar-refractivity contribution < 1.29 is 17.9 Å². The topological polar surface area (TPSA) is 96.5 Å². The second kappa shape index (κ2) is 5.76. The summed E-state index contributed by atoms with van der Waals surface area (Å²) < 4.78 is 29.2. The fourth-order valence-electron chi connectivity index (χ4n) is 2.07. The molecule has 0 aliphatic carbocycles. The Bertz CT molecular complexity index is 652. The highest BCUT2D eigenvalue weighted by Crippen LogP contribution is 2.19.